The Kier molecular flexibility index (Phi) is 7.58. The lowest BCUT2D eigenvalue weighted by Crippen LogP contribution is -2.54. The Hall–Kier alpha value is -2.70. The van der Waals surface area contributed by atoms with Gasteiger partial charge in [-0.2, -0.15) is 8.42 Å². The highest BCUT2D eigenvalue weighted by molar-refractivity contribution is 9.11. The Labute approximate surface area is 232 Å². The molecule has 1 N–H and O–H groups in total. The largest absolute Gasteiger partial charge is 0.377 e. The molecule has 0 unspecified atom stereocenters. The molecule has 0 atom stereocenters. The smallest absolute Gasteiger partial charge is 0.339 e. The van der Waals surface area contributed by atoms with Gasteiger partial charge in [0, 0.05) is 15.1 Å². The number of carbonyl (C=O) groups excluding carboxylic acids is 3. The number of halogens is 4. The van der Waals surface area contributed by atoms with Gasteiger partial charge in [-0.25, -0.2) is 9.69 Å². The van der Waals surface area contributed by atoms with E-state index >= 15 is 0 Å². The summed E-state index contributed by atoms with van der Waals surface area (Å²) in [4.78, 5) is 38.9. The van der Waals surface area contributed by atoms with Gasteiger partial charge in [0.2, 0.25) is 0 Å². The number of anilines is 1. The van der Waals surface area contributed by atoms with Crippen LogP contribution >= 0.6 is 55.1 Å². The molecule has 0 aromatic heterocycles. The number of amides is 4. The van der Waals surface area contributed by atoms with Crippen molar-refractivity contribution in [3.05, 3.63) is 90.8 Å². The first-order valence-electron chi connectivity index (χ1n) is 9.83. The zero-order valence-corrected chi connectivity index (χ0v) is 23.2. The molecule has 0 saturated carbocycles. The highest BCUT2D eigenvalue weighted by atomic mass is 79.9. The number of carbonyl (C=O) groups is 3. The number of rotatable bonds is 5. The normalized spacial score (nSPS) is 15.3. The van der Waals surface area contributed by atoms with Gasteiger partial charge in [0.15, 0.2) is 5.75 Å². The molecule has 36 heavy (non-hydrogen) atoms. The van der Waals surface area contributed by atoms with Crippen LogP contribution in [0.4, 0.5) is 10.5 Å². The first-order chi connectivity index (χ1) is 17.0. The van der Waals surface area contributed by atoms with Crippen LogP contribution in [0, 0.1) is 0 Å². The monoisotopic (exact) mass is 672 g/mol. The van der Waals surface area contributed by atoms with E-state index in [0.717, 1.165) is 6.08 Å². The fourth-order valence-electron chi connectivity index (χ4n) is 3.20. The Morgan fingerprint density at radius 3 is 2.28 bits per heavy atom. The third-order valence-corrected chi connectivity index (χ3v) is 7.68. The predicted octanol–water partition coefficient (Wildman–Crippen LogP) is 5.95. The van der Waals surface area contributed by atoms with Crippen molar-refractivity contribution < 1.29 is 27.0 Å². The van der Waals surface area contributed by atoms with Crippen LogP contribution in [0.1, 0.15) is 5.56 Å². The topological polar surface area (TPSA) is 110 Å². The maximum absolute atomic E-state index is 13.2. The van der Waals surface area contributed by atoms with Crippen LogP contribution in [0.3, 0.4) is 0 Å². The zero-order valence-electron chi connectivity index (χ0n) is 17.7. The molecule has 8 nitrogen and oxygen atoms in total. The highest BCUT2D eigenvalue weighted by Gasteiger charge is 2.38. The quantitative estimate of drug-likeness (QED) is 0.204. The second-order valence-corrected chi connectivity index (χ2v) is 11.4. The van der Waals surface area contributed by atoms with E-state index in [-0.39, 0.29) is 31.4 Å². The van der Waals surface area contributed by atoms with Gasteiger partial charge in [-0.05, 0) is 70.5 Å². The average molecular weight is 675 g/mol. The lowest BCUT2D eigenvalue weighted by molar-refractivity contribution is -0.122. The Balaban J connectivity index is 1.80. The van der Waals surface area contributed by atoms with Crippen molar-refractivity contribution in [3.8, 4) is 5.75 Å². The van der Waals surface area contributed by atoms with Crippen LogP contribution in [0.5, 0.6) is 5.75 Å². The molecule has 0 aliphatic carbocycles. The lowest BCUT2D eigenvalue weighted by atomic mass is 10.1. The molecule has 3 aromatic carbocycles. The van der Waals surface area contributed by atoms with Crippen molar-refractivity contribution in [2.75, 3.05) is 4.90 Å². The summed E-state index contributed by atoms with van der Waals surface area (Å²) in [6.07, 6.45) is 1.12. The zero-order chi connectivity index (χ0) is 26.2. The molecule has 1 aliphatic rings. The molecule has 0 radical (unpaired) electrons. The first-order valence-corrected chi connectivity index (χ1v) is 13.6. The van der Waals surface area contributed by atoms with E-state index in [4.69, 9.17) is 27.4 Å². The molecular formula is C23H12Br2Cl2N2O6S. The van der Waals surface area contributed by atoms with Gasteiger partial charge in [0.05, 0.1) is 15.2 Å². The third-order valence-electron chi connectivity index (χ3n) is 4.83. The minimum atomic E-state index is -4.32. The molecule has 0 spiro atoms. The van der Waals surface area contributed by atoms with Crippen molar-refractivity contribution in [1.82, 2.24) is 5.32 Å². The number of imide groups is 2. The molecule has 1 aliphatic heterocycles. The van der Waals surface area contributed by atoms with Crippen molar-refractivity contribution in [2.24, 2.45) is 0 Å². The van der Waals surface area contributed by atoms with Gasteiger partial charge in [-0.1, -0.05) is 51.3 Å². The van der Waals surface area contributed by atoms with E-state index in [9.17, 15) is 22.8 Å². The molecule has 13 heteroatoms. The molecule has 4 amide bonds. The van der Waals surface area contributed by atoms with Gasteiger partial charge >= 0.3 is 16.1 Å². The van der Waals surface area contributed by atoms with Gasteiger partial charge in [-0.15, -0.1) is 0 Å². The summed E-state index contributed by atoms with van der Waals surface area (Å²) in [5.74, 6) is -2.13. The second kappa shape index (κ2) is 10.3. The lowest BCUT2D eigenvalue weighted by Gasteiger charge is -2.27. The van der Waals surface area contributed by atoms with E-state index in [1.165, 1.54) is 48.5 Å². The minimum absolute atomic E-state index is 0.0562. The molecule has 184 valence electrons. The van der Waals surface area contributed by atoms with E-state index in [1.807, 2.05) is 0 Å². The molecule has 1 heterocycles. The molecule has 1 saturated heterocycles. The van der Waals surface area contributed by atoms with E-state index in [1.54, 1.807) is 12.1 Å². The van der Waals surface area contributed by atoms with Gasteiger partial charge < -0.3 is 4.18 Å². The minimum Gasteiger partial charge on any atom is -0.377 e. The number of hydrogen-bond acceptors (Lipinski definition) is 6. The van der Waals surface area contributed by atoms with E-state index < -0.39 is 33.5 Å². The Morgan fingerprint density at radius 1 is 0.944 bits per heavy atom. The van der Waals surface area contributed by atoms with Crippen LogP contribution in [0.15, 0.2) is 80.1 Å². The van der Waals surface area contributed by atoms with E-state index in [2.05, 4.69) is 37.2 Å². The SMILES string of the molecule is O=C1NC(=O)N(c2ccccc2Cl)C(=O)/C1=C/c1cc(Br)cc(Br)c1OS(=O)(=O)c1ccc(Cl)cc1. The first kappa shape index (κ1) is 26.4. The van der Waals surface area contributed by atoms with Gasteiger partial charge in [-0.3, -0.25) is 14.9 Å². The summed E-state index contributed by atoms with van der Waals surface area (Å²) < 4.78 is 31.9. The number of para-hydroxylation sites is 1. The number of hydrogen-bond donors (Lipinski definition) is 1. The van der Waals surface area contributed by atoms with Crippen LogP contribution in [0.2, 0.25) is 10.0 Å². The Morgan fingerprint density at radius 2 is 1.61 bits per heavy atom. The molecule has 4 rings (SSSR count). The number of nitrogens with zero attached hydrogens (tertiary/aromatic N) is 1. The van der Waals surface area contributed by atoms with Crippen molar-refractivity contribution in [1.29, 1.82) is 0 Å². The Bertz CT molecular complexity index is 1560. The van der Waals surface area contributed by atoms with Gasteiger partial charge in [0.1, 0.15) is 10.5 Å². The fraction of sp³-hybridized carbons (Fsp3) is 0. The van der Waals surface area contributed by atoms with E-state index in [0.29, 0.717) is 14.4 Å². The number of barbiturate groups is 1. The maximum Gasteiger partial charge on any atom is 0.339 e. The average Bonchev–Trinajstić information content (AvgIpc) is 2.80. The summed E-state index contributed by atoms with van der Waals surface area (Å²) in [5.41, 5.74) is -0.328. The third kappa shape index (κ3) is 5.35. The molecule has 3 aromatic rings. The summed E-state index contributed by atoms with van der Waals surface area (Å²) in [6, 6.07) is 13.4. The predicted molar refractivity (Wildman–Crippen MR) is 142 cm³/mol. The van der Waals surface area contributed by atoms with Gasteiger partial charge in [0.25, 0.3) is 11.8 Å². The van der Waals surface area contributed by atoms with Crippen LogP contribution in [-0.2, 0) is 19.7 Å². The summed E-state index contributed by atoms with van der Waals surface area (Å²) in [6.45, 7) is 0. The van der Waals surface area contributed by atoms with Crippen LogP contribution < -0.4 is 14.4 Å². The fourth-order valence-corrected chi connectivity index (χ4v) is 5.96. The standard InChI is InChI=1S/C23H12Br2Cl2N2O6S/c24-13-9-12(20(17(25)11-13)35-36(33,34)15-7-5-14(26)6-8-15)10-16-21(30)28-23(32)29(22(16)31)19-4-2-1-3-18(19)27/h1-11H,(H,28,30,32)/b16-10+. The van der Waals surface area contributed by atoms with Crippen molar-refractivity contribution >= 4 is 94.8 Å². The molecule has 0 bridgehead atoms. The van der Waals surface area contributed by atoms with Crippen LogP contribution in [0.25, 0.3) is 6.08 Å². The number of nitrogens with one attached hydrogen (secondary N) is 1. The van der Waals surface area contributed by atoms with Crippen molar-refractivity contribution in [2.45, 2.75) is 4.90 Å². The molecule has 1 fully saturated rings. The maximum atomic E-state index is 13.2. The molecular weight excluding hydrogens is 663 g/mol. The number of urea groups is 1. The van der Waals surface area contributed by atoms with Crippen LogP contribution in [-0.4, -0.2) is 26.3 Å². The summed E-state index contributed by atoms with van der Waals surface area (Å²) in [5, 5.41) is 2.54. The second-order valence-electron chi connectivity index (χ2n) is 7.21. The highest BCUT2D eigenvalue weighted by Crippen LogP contribution is 2.37. The number of benzene rings is 3. The van der Waals surface area contributed by atoms with Crippen molar-refractivity contribution in [3.63, 3.8) is 0 Å². The summed E-state index contributed by atoms with van der Waals surface area (Å²) >= 11 is 18.6. The summed E-state index contributed by atoms with van der Waals surface area (Å²) in [7, 11) is -4.32.